The first-order valence-electron chi connectivity index (χ1n) is 13.6. The Labute approximate surface area is 253 Å². The third kappa shape index (κ3) is 6.40. The van der Waals surface area contributed by atoms with Crippen LogP contribution in [0.3, 0.4) is 0 Å². The Morgan fingerprint density at radius 1 is 0.818 bits per heavy atom. The zero-order valence-electron chi connectivity index (χ0n) is 23.9. The van der Waals surface area contributed by atoms with E-state index >= 15 is 0 Å². The number of ether oxygens (including phenoxy) is 2. The highest BCUT2D eigenvalue weighted by Gasteiger charge is 2.33. The number of benzene rings is 3. The number of carbonyl (C=O) groups is 4. The summed E-state index contributed by atoms with van der Waals surface area (Å²) in [5.41, 5.74) is 2.46. The van der Waals surface area contributed by atoms with Gasteiger partial charge in [-0.15, -0.1) is 0 Å². The molecule has 0 aliphatic carbocycles. The van der Waals surface area contributed by atoms with Crippen LogP contribution in [-0.4, -0.2) is 35.7 Å². The van der Waals surface area contributed by atoms with Gasteiger partial charge in [0.15, 0.2) is 0 Å². The smallest absolute Gasteiger partial charge is 0.338 e. The van der Waals surface area contributed by atoms with Crippen LogP contribution in [0.1, 0.15) is 44.5 Å². The number of imide groups is 1. The van der Waals surface area contributed by atoms with Crippen LogP contribution in [0, 0.1) is 11.3 Å². The Hall–Kier alpha value is -6.01. The van der Waals surface area contributed by atoms with Crippen molar-refractivity contribution in [3.63, 3.8) is 0 Å². The molecular weight excluding hydrogens is 560 g/mol. The molecule has 1 aliphatic heterocycles. The Morgan fingerprint density at radius 2 is 1.36 bits per heavy atom. The molecule has 0 fully saturated rings. The molecule has 0 unspecified atom stereocenters. The number of likely N-dealkylation sites (N-methyl/N-ethyl adjacent to an activating group) is 1. The number of furan rings is 1. The number of hydrogen-bond donors (Lipinski definition) is 0. The molecule has 4 aromatic rings. The minimum atomic E-state index is -0.671. The van der Waals surface area contributed by atoms with Gasteiger partial charge in [-0.3, -0.25) is 14.5 Å². The van der Waals surface area contributed by atoms with Crippen molar-refractivity contribution in [3.8, 4) is 17.4 Å². The summed E-state index contributed by atoms with van der Waals surface area (Å²) < 4.78 is 17.0. The molecule has 0 atom stereocenters. The lowest BCUT2D eigenvalue weighted by atomic mass is 9.95. The molecule has 218 valence electrons. The minimum Gasteiger partial charge on any atom is -0.457 e. The van der Waals surface area contributed by atoms with E-state index in [1.165, 1.54) is 38.2 Å². The van der Waals surface area contributed by atoms with E-state index in [2.05, 4.69) is 0 Å². The molecule has 0 bridgehead atoms. The highest BCUT2D eigenvalue weighted by molar-refractivity contribution is 6.19. The van der Waals surface area contributed by atoms with E-state index in [9.17, 15) is 24.4 Å². The van der Waals surface area contributed by atoms with Gasteiger partial charge in [-0.25, -0.2) is 9.59 Å². The van der Waals surface area contributed by atoms with Crippen molar-refractivity contribution in [1.29, 1.82) is 5.26 Å². The maximum Gasteiger partial charge on any atom is 0.338 e. The SMILES string of the molecule is CC1=C(C#N)C(=O)N(C)C(=O)/C1=C/c1ccc(-c2cc(C(=O)OCc3ccccc3)cc(C(=O)OCc3ccccc3)c2)o1. The predicted molar refractivity (Wildman–Crippen MR) is 159 cm³/mol. The Kier molecular flexibility index (Phi) is 8.63. The zero-order valence-corrected chi connectivity index (χ0v) is 23.9. The van der Waals surface area contributed by atoms with Gasteiger partial charge >= 0.3 is 11.9 Å². The van der Waals surface area contributed by atoms with Gasteiger partial charge in [0.05, 0.1) is 11.1 Å². The molecule has 0 N–H and O–H groups in total. The summed E-state index contributed by atoms with van der Waals surface area (Å²) >= 11 is 0. The maximum atomic E-state index is 13.1. The second-order valence-corrected chi connectivity index (χ2v) is 9.96. The third-order valence-electron chi connectivity index (χ3n) is 6.97. The molecule has 0 saturated carbocycles. The van der Waals surface area contributed by atoms with E-state index in [4.69, 9.17) is 13.9 Å². The maximum absolute atomic E-state index is 13.1. The quantitative estimate of drug-likeness (QED) is 0.142. The number of hydrogen-bond acceptors (Lipinski definition) is 8. The van der Waals surface area contributed by atoms with Gasteiger partial charge in [0.2, 0.25) is 0 Å². The average molecular weight is 587 g/mol. The fraction of sp³-hybridized carbons (Fsp3) is 0.114. The lowest BCUT2D eigenvalue weighted by molar-refractivity contribution is -0.138. The molecule has 9 nitrogen and oxygen atoms in total. The first-order chi connectivity index (χ1) is 21.2. The molecule has 0 spiro atoms. The predicted octanol–water partition coefficient (Wildman–Crippen LogP) is 5.88. The van der Waals surface area contributed by atoms with Gasteiger partial charge in [-0.1, -0.05) is 60.7 Å². The van der Waals surface area contributed by atoms with Crippen molar-refractivity contribution in [3.05, 3.63) is 136 Å². The van der Waals surface area contributed by atoms with Gasteiger partial charge in [0.1, 0.15) is 36.4 Å². The summed E-state index contributed by atoms with van der Waals surface area (Å²) in [5, 5.41) is 9.43. The Balaban J connectivity index is 1.47. The summed E-state index contributed by atoms with van der Waals surface area (Å²) in [5.74, 6) is -1.99. The Bertz CT molecular complexity index is 1790. The average Bonchev–Trinajstić information content (AvgIpc) is 3.53. The lowest BCUT2D eigenvalue weighted by Gasteiger charge is -2.23. The minimum absolute atomic E-state index is 0.0404. The van der Waals surface area contributed by atoms with E-state index in [0.29, 0.717) is 11.3 Å². The number of rotatable bonds is 8. The van der Waals surface area contributed by atoms with Crippen LogP contribution in [0.5, 0.6) is 0 Å². The van der Waals surface area contributed by atoms with Crippen LogP contribution < -0.4 is 0 Å². The molecule has 1 aromatic heterocycles. The molecule has 44 heavy (non-hydrogen) atoms. The second kappa shape index (κ2) is 12.9. The highest BCUT2D eigenvalue weighted by atomic mass is 16.5. The number of nitrogens with zero attached hydrogens (tertiary/aromatic N) is 2. The van der Waals surface area contributed by atoms with Crippen molar-refractivity contribution in [2.75, 3.05) is 7.05 Å². The standard InChI is InChI=1S/C35H26N2O7/c1-22-29(32(38)37(2)33(39)30(22)19-36)18-28-13-14-31(44-28)25-15-26(34(40)42-20-23-9-5-3-6-10-23)17-27(16-25)35(41)43-21-24-11-7-4-8-12-24/h3-18H,20-21H2,1-2H3/b29-18+. The number of carbonyl (C=O) groups excluding carboxylic acids is 4. The fourth-order valence-corrected chi connectivity index (χ4v) is 4.54. The fourth-order valence-electron chi connectivity index (χ4n) is 4.54. The topological polar surface area (TPSA) is 127 Å². The van der Waals surface area contributed by atoms with Gasteiger partial charge in [0.25, 0.3) is 11.8 Å². The molecule has 9 heteroatoms. The van der Waals surface area contributed by atoms with E-state index in [0.717, 1.165) is 16.0 Å². The van der Waals surface area contributed by atoms with Crippen LogP contribution in [-0.2, 0) is 32.3 Å². The zero-order chi connectivity index (χ0) is 31.2. The van der Waals surface area contributed by atoms with Crippen molar-refractivity contribution >= 4 is 29.8 Å². The van der Waals surface area contributed by atoms with Crippen LogP contribution >= 0.6 is 0 Å². The lowest BCUT2D eigenvalue weighted by Crippen LogP contribution is -2.39. The van der Waals surface area contributed by atoms with Crippen molar-refractivity contribution in [2.24, 2.45) is 0 Å². The summed E-state index contributed by atoms with van der Waals surface area (Å²) in [6.45, 7) is 1.60. The van der Waals surface area contributed by atoms with Crippen LogP contribution in [0.4, 0.5) is 0 Å². The highest BCUT2D eigenvalue weighted by Crippen LogP contribution is 2.30. The molecule has 2 amide bonds. The molecule has 2 heterocycles. The number of esters is 2. The summed E-state index contributed by atoms with van der Waals surface area (Å²) in [6.07, 6.45) is 1.44. The molecule has 1 aliphatic rings. The van der Waals surface area contributed by atoms with Crippen LogP contribution in [0.25, 0.3) is 17.4 Å². The van der Waals surface area contributed by atoms with E-state index in [1.807, 2.05) is 66.7 Å². The molecule has 3 aromatic carbocycles. The van der Waals surface area contributed by atoms with E-state index in [1.54, 1.807) is 12.1 Å². The first kappa shape index (κ1) is 29.5. The first-order valence-corrected chi connectivity index (χ1v) is 13.6. The van der Waals surface area contributed by atoms with Gasteiger partial charge in [-0.05, 0) is 60.0 Å². The summed E-state index contributed by atoms with van der Waals surface area (Å²) in [7, 11) is 1.30. The van der Waals surface area contributed by atoms with Gasteiger partial charge < -0.3 is 13.9 Å². The summed E-state index contributed by atoms with van der Waals surface area (Å²) in [4.78, 5) is 52.2. The van der Waals surface area contributed by atoms with Crippen molar-refractivity contribution in [2.45, 2.75) is 20.1 Å². The molecule has 0 saturated heterocycles. The summed E-state index contributed by atoms with van der Waals surface area (Å²) in [6, 6.07) is 27.9. The molecule has 5 rings (SSSR count). The van der Waals surface area contributed by atoms with E-state index < -0.39 is 23.8 Å². The monoisotopic (exact) mass is 586 g/mol. The van der Waals surface area contributed by atoms with Crippen LogP contribution in [0.2, 0.25) is 0 Å². The van der Waals surface area contributed by atoms with E-state index in [-0.39, 0.29) is 46.8 Å². The second-order valence-electron chi connectivity index (χ2n) is 9.96. The normalized spacial score (nSPS) is 14.0. The largest absolute Gasteiger partial charge is 0.457 e. The number of amides is 2. The van der Waals surface area contributed by atoms with Crippen molar-refractivity contribution in [1.82, 2.24) is 4.90 Å². The van der Waals surface area contributed by atoms with Gasteiger partial charge in [-0.2, -0.15) is 5.26 Å². The Morgan fingerprint density at radius 3 is 1.89 bits per heavy atom. The van der Waals surface area contributed by atoms with Gasteiger partial charge in [0, 0.05) is 18.2 Å². The number of nitriles is 1. The van der Waals surface area contributed by atoms with Crippen LogP contribution in [0.15, 0.2) is 112 Å². The molecule has 0 radical (unpaired) electrons. The third-order valence-corrected chi connectivity index (χ3v) is 6.97. The molecular formula is C35H26N2O7. The van der Waals surface area contributed by atoms with Crippen molar-refractivity contribution < 1.29 is 33.1 Å².